The third kappa shape index (κ3) is 2.11. The zero-order valence-corrected chi connectivity index (χ0v) is 11.1. The molecule has 0 amide bonds. The maximum Gasteiger partial charge on any atom is 0.213 e. The van der Waals surface area contributed by atoms with Gasteiger partial charge in [0.1, 0.15) is 0 Å². The summed E-state index contributed by atoms with van der Waals surface area (Å²) < 4.78 is 7.01. The van der Waals surface area contributed by atoms with Gasteiger partial charge >= 0.3 is 0 Å². The summed E-state index contributed by atoms with van der Waals surface area (Å²) in [5.74, 6) is 2.25. The summed E-state index contributed by atoms with van der Waals surface area (Å²) in [5, 5.41) is 4.49. The first-order chi connectivity index (χ1) is 8.04. The number of anilines is 1. The Bertz CT molecular complexity index is 390. The molecule has 0 radical (unpaired) electrons. The average Bonchev–Trinajstić information content (AvgIpc) is 2.67. The van der Waals surface area contributed by atoms with Gasteiger partial charge < -0.3 is 15.4 Å². The van der Waals surface area contributed by atoms with Gasteiger partial charge in [-0.3, -0.25) is 0 Å². The van der Waals surface area contributed by atoms with E-state index in [4.69, 9.17) is 10.5 Å². The number of rotatable bonds is 2. The van der Waals surface area contributed by atoms with E-state index in [1.165, 1.54) is 0 Å². The molecule has 2 N–H and O–H groups in total. The van der Waals surface area contributed by atoms with Crippen LogP contribution in [-0.2, 0) is 7.05 Å². The van der Waals surface area contributed by atoms with Gasteiger partial charge in [0, 0.05) is 31.7 Å². The fourth-order valence-electron chi connectivity index (χ4n) is 2.49. The van der Waals surface area contributed by atoms with Gasteiger partial charge in [-0.2, -0.15) is 5.10 Å². The van der Waals surface area contributed by atoms with Crippen LogP contribution in [0.1, 0.15) is 20.3 Å². The molecule has 0 aromatic carbocycles. The second kappa shape index (κ2) is 4.56. The topological polar surface area (TPSA) is 56.3 Å². The quantitative estimate of drug-likeness (QED) is 0.835. The average molecular weight is 238 g/mol. The van der Waals surface area contributed by atoms with Crippen molar-refractivity contribution in [3.8, 4) is 5.88 Å². The second-order valence-electron chi connectivity index (χ2n) is 4.91. The van der Waals surface area contributed by atoms with Crippen LogP contribution in [0, 0.1) is 5.92 Å². The monoisotopic (exact) mass is 238 g/mol. The maximum absolute atomic E-state index is 6.09. The molecule has 2 heterocycles. The van der Waals surface area contributed by atoms with Gasteiger partial charge in [0.05, 0.1) is 7.11 Å². The van der Waals surface area contributed by atoms with Crippen LogP contribution < -0.4 is 15.4 Å². The number of hydrogen-bond acceptors (Lipinski definition) is 4. The minimum atomic E-state index is 0.298. The Morgan fingerprint density at radius 2 is 2.18 bits per heavy atom. The fraction of sp³-hybridized carbons (Fsp3) is 0.750. The van der Waals surface area contributed by atoms with E-state index in [-0.39, 0.29) is 0 Å². The van der Waals surface area contributed by atoms with Crippen LogP contribution in [0.3, 0.4) is 0 Å². The molecule has 1 aromatic rings. The predicted octanol–water partition coefficient (Wildman–Crippen LogP) is 0.991. The minimum absolute atomic E-state index is 0.298. The van der Waals surface area contributed by atoms with Crippen molar-refractivity contribution in [1.82, 2.24) is 9.78 Å². The number of hydrogen-bond donors (Lipinski definition) is 1. The van der Waals surface area contributed by atoms with E-state index in [0.717, 1.165) is 24.7 Å². The van der Waals surface area contributed by atoms with Crippen LogP contribution >= 0.6 is 0 Å². The number of aromatic nitrogens is 2. The molecule has 1 aliphatic rings. The zero-order valence-electron chi connectivity index (χ0n) is 11.1. The van der Waals surface area contributed by atoms with Crippen LogP contribution in [0.4, 0.5) is 5.82 Å². The van der Waals surface area contributed by atoms with E-state index in [1.54, 1.807) is 11.8 Å². The summed E-state index contributed by atoms with van der Waals surface area (Å²) in [6.07, 6.45) is 1.02. The fourth-order valence-corrected chi connectivity index (χ4v) is 2.49. The highest BCUT2D eigenvalue weighted by Crippen LogP contribution is 2.28. The Morgan fingerprint density at radius 1 is 1.47 bits per heavy atom. The lowest BCUT2D eigenvalue weighted by Gasteiger charge is -2.41. The smallest absolute Gasteiger partial charge is 0.213 e. The van der Waals surface area contributed by atoms with Crippen LogP contribution in [0.2, 0.25) is 0 Å². The van der Waals surface area contributed by atoms with E-state index in [0.29, 0.717) is 18.0 Å². The van der Waals surface area contributed by atoms with Crippen LogP contribution in [-0.4, -0.2) is 35.5 Å². The molecule has 1 aliphatic heterocycles. The van der Waals surface area contributed by atoms with Gasteiger partial charge in [-0.1, -0.05) is 6.92 Å². The van der Waals surface area contributed by atoms with E-state index in [2.05, 4.69) is 23.8 Å². The number of piperidine rings is 1. The Labute approximate surface area is 103 Å². The van der Waals surface area contributed by atoms with Gasteiger partial charge in [0.25, 0.3) is 0 Å². The molecule has 1 saturated heterocycles. The SMILES string of the molecule is COc1cc(N2CCC(N)C(C)C2C)nn1C. The maximum atomic E-state index is 6.09. The number of nitrogens with two attached hydrogens (primary N) is 1. The number of methoxy groups -OCH3 is 1. The third-order valence-electron chi connectivity index (χ3n) is 3.96. The molecule has 0 spiro atoms. The molecule has 1 aromatic heterocycles. The largest absolute Gasteiger partial charge is 0.481 e. The Balaban J connectivity index is 2.21. The highest BCUT2D eigenvalue weighted by atomic mass is 16.5. The molecule has 0 bridgehead atoms. The number of aryl methyl sites for hydroxylation is 1. The zero-order chi connectivity index (χ0) is 12.6. The van der Waals surface area contributed by atoms with Crippen molar-refractivity contribution in [1.29, 1.82) is 0 Å². The molecule has 2 rings (SSSR count). The first kappa shape index (κ1) is 12.2. The summed E-state index contributed by atoms with van der Waals surface area (Å²) in [6, 6.07) is 2.70. The lowest BCUT2D eigenvalue weighted by molar-refractivity contribution is 0.314. The summed E-state index contributed by atoms with van der Waals surface area (Å²) >= 11 is 0. The van der Waals surface area contributed by atoms with Gasteiger partial charge in [0.2, 0.25) is 5.88 Å². The molecular formula is C12H22N4O. The van der Waals surface area contributed by atoms with Crippen LogP contribution in [0.25, 0.3) is 0 Å². The number of ether oxygens (including phenoxy) is 1. The Morgan fingerprint density at radius 3 is 2.76 bits per heavy atom. The van der Waals surface area contributed by atoms with Crippen LogP contribution in [0.15, 0.2) is 6.07 Å². The number of nitrogens with zero attached hydrogens (tertiary/aromatic N) is 3. The predicted molar refractivity (Wildman–Crippen MR) is 68.3 cm³/mol. The van der Waals surface area contributed by atoms with Gasteiger partial charge in [0.15, 0.2) is 5.82 Å². The van der Waals surface area contributed by atoms with E-state index in [1.807, 2.05) is 13.1 Å². The van der Waals surface area contributed by atoms with Crippen LogP contribution in [0.5, 0.6) is 5.88 Å². The lowest BCUT2D eigenvalue weighted by atomic mass is 9.88. The molecule has 0 saturated carbocycles. The summed E-state index contributed by atoms with van der Waals surface area (Å²) in [5.41, 5.74) is 6.09. The lowest BCUT2D eigenvalue weighted by Crippen LogP contribution is -2.52. The van der Waals surface area contributed by atoms with Crippen molar-refractivity contribution in [2.45, 2.75) is 32.4 Å². The standard InChI is InChI=1S/C12H22N4O/c1-8-9(2)16(6-5-10(8)13)11-7-12(17-4)15(3)14-11/h7-10H,5-6,13H2,1-4H3. The Kier molecular flexibility index (Phi) is 3.28. The molecule has 5 heteroatoms. The van der Waals surface area contributed by atoms with Crippen molar-refractivity contribution < 1.29 is 4.74 Å². The van der Waals surface area contributed by atoms with Gasteiger partial charge in [-0.05, 0) is 19.3 Å². The summed E-state index contributed by atoms with van der Waals surface area (Å²) in [7, 11) is 3.56. The minimum Gasteiger partial charge on any atom is -0.481 e. The first-order valence-corrected chi connectivity index (χ1v) is 6.15. The molecule has 17 heavy (non-hydrogen) atoms. The third-order valence-corrected chi connectivity index (χ3v) is 3.96. The molecule has 3 atom stereocenters. The highest BCUT2D eigenvalue weighted by molar-refractivity contribution is 5.44. The summed E-state index contributed by atoms with van der Waals surface area (Å²) in [6.45, 7) is 5.39. The second-order valence-corrected chi connectivity index (χ2v) is 4.91. The molecule has 5 nitrogen and oxygen atoms in total. The molecule has 0 aliphatic carbocycles. The molecule has 1 fully saturated rings. The molecular weight excluding hydrogens is 216 g/mol. The van der Waals surface area contributed by atoms with Crippen molar-refractivity contribution >= 4 is 5.82 Å². The summed E-state index contributed by atoms with van der Waals surface area (Å²) in [4.78, 5) is 2.32. The van der Waals surface area contributed by atoms with Crippen molar-refractivity contribution in [2.75, 3.05) is 18.6 Å². The van der Waals surface area contributed by atoms with E-state index >= 15 is 0 Å². The van der Waals surface area contributed by atoms with Crippen molar-refractivity contribution in [3.63, 3.8) is 0 Å². The first-order valence-electron chi connectivity index (χ1n) is 6.15. The normalized spacial score (nSPS) is 29.5. The Hall–Kier alpha value is -1.23. The molecule has 96 valence electrons. The molecule has 3 unspecified atom stereocenters. The van der Waals surface area contributed by atoms with E-state index < -0.39 is 0 Å². The van der Waals surface area contributed by atoms with E-state index in [9.17, 15) is 0 Å². The van der Waals surface area contributed by atoms with Crippen molar-refractivity contribution in [3.05, 3.63) is 6.07 Å². The highest BCUT2D eigenvalue weighted by Gasteiger charge is 2.31. The van der Waals surface area contributed by atoms with Gasteiger partial charge in [-0.25, -0.2) is 4.68 Å². The van der Waals surface area contributed by atoms with Gasteiger partial charge in [-0.15, -0.1) is 0 Å². The van der Waals surface area contributed by atoms with Crippen molar-refractivity contribution in [2.24, 2.45) is 18.7 Å².